The molecule has 2 bridgehead atoms. The Labute approximate surface area is 87.0 Å². The Morgan fingerprint density at radius 3 is 2.64 bits per heavy atom. The zero-order chi connectivity index (χ0) is 10.1. The van der Waals surface area contributed by atoms with Gasteiger partial charge >= 0.3 is 11.4 Å². The van der Waals surface area contributed by atoms with E-state index in [4.69, 9.17) is 8.37 Å². The lowest BCUT2D eigenvalue weighted by atomic mass is 9.43. The number of rotatable bonds is 0. The average molecular weight is 216 g/mol. The van der Waals surface area contributed by atoms with E-state index < -0.39 is 11.4 Å². The summed E-state index contributed by atoms with van der Waals surface area (Å²) in [6, 6.07) is 0. The Morgan fingerprint density at radius 1 is 1.29 bits per heavy atom. The molecule has 4 fully saturated rings. The maximum absolute atomic E-state index is 11.3. The van der Waals surface area contributed by atoms with E-state index in [1.54, 1.807) is 0 Å². The van der Waals surface area contributed by atoms with Gasteiger partial charge in [-0.1, -0.05) is 13.8 Å². The molecule has 1 saturated heterocycles. The highest BCUT2D eigenvalue weighted by Crippen LogP contribution is 2.65. The van der Waals surface area contributed by atoms with Crippen molar-refractivity contribution in [2.45, 2.75) is 45.3 Å². The van der Waals surface area contributed by atoms with E-state index >= 15 is 0 Å². The van der Waals surface area contributed by atoms with Crippen LogP contribution >= 0.6 is 0 Å². The Morgan fingerprint density at radius 2 is 2.00 bits per heavy atom. The van der Waals surface area contributed by atoms with Crippen LogP contribution in [0.15, 0.2) is 0 Å². The molecule has 0 radical (unpaired) electrons. The topological polar surface area (TPSA) is 35.5 Å². The normalized spacial score (nSPS) is 59.1. The Kier molecular flexibility index (Phi) is 1.61. The molecule has 1 aliphatic heterocycles. The summed E-state index contributed by atoms with van der Waals surface area (Å²) in [6.07, 6.45) is 2.27. The molecule has 3 unspecified atom stereocenters. The van der Waals surface area contributed by atoms with Gasteiger partial charge in [-0.15, -0.1) is 0 Å². The first kappa shape index (κ1) is 9.31. The van der Waals surface area contributed by atoms with Gasteiger partial charge in [0, 0.05) is 0 Å². The van der Waals surface area contributed by atoms with Crippen molar-refractivity contribution in [3.8, 4) is 0 Å². The van der Waals surface area contributed by atoms with E-state index in [2.05, 4.69) is 20.8 Å². The molecular weight excluding hydrogens is 200 g/mol. The summed E-state index contributed by atoms with van der Waals surface area (Å²) < 4.78 is 22.1. The van der Waals surface area contributed by atoms with E-state index in [0.717, 1.165) is 12.3 Å². The molecule has 4 heteroatoms. The molecule has 14 heavy (non-hydrogen) atoms. The standard InChI is InChI=1S/C10H16O3S/c1-9(2)6-4-7(9)10(3)8(5-6)12-14(11)13-10/h6-8H,4-5H2,1-3H3/t6?,7?,8-,10+,14?/m1/s1. The van der Waals surface area contributed by atoms with Crippen LogP contribution in [0, 0.1) is 17.3 Å². The lowest BCUT2D eigenvalue weighted by molar-refractivity contribution is -0.199. The van der Waals surface area contributed by atoms with Crippen molar-refractivity contribution >= 4 is 11.4 Å². The molecule has 0 N–H and O–H groups in total. The van der Waals surface area contributed by atoms with Gasteiger partial charge in [0.1, 0.15) is 11.7 Å². The predicted octanol–water partition coefficient (Wildman–Crippen LogP) is 1.81. The summed E-state index contributed by atoms with van der Waals surface area (Å²) in [4.78, 5) is 0. The third-order valence-corrected chi connectivity index (χ3v) is 5.63. The molecule has 80 valence electrons. The minimum atomic E-state index is -1.51. The van der Waals surface area contributed by atoms with E-state index in [1.165, 1.54) is 6.42 Å². The minimum Gasteiger partial charge on any atom is -0.262 e. The SMILES string of the molecule is CC1(C)C2CC1[C@]1(C)OS(=O)O[C@@H]1C2. The maximum atomic E-state index is 11.3. The second-order valence-corrected chi connectivity index (χ2v) is 6.37. The van der Waals surface area contributed by atoms with Crippen LogP contribution in [0.2, 0.25) is 0 Å². The molecule has 3 aliphatic carbocycles. The quantitative estimate of drug-likeness (QED) is 0.619. The van der Waals surface area contributed by atoms with Crippen LogP contribution in [-0.4, -0.2) is 15.9 Å². The highest BCUT2D eigenvalue weighted by molar-refractivity contribution is 7.75. The Hall–Kier alpha value is 0.0700. The zero-order valence-electron chi connectivity index (χ0n) is 8.78. The summed E-state index contributed by atoms with van der Waals surface area (Å²) in [5, 5.41) is 0. The molecule has 0 spiro atoms. The van der Waals surface area contributed by atoms with Crippen molar-refractivity contribution in [2.75, 3.05) is 0 Å². The highest BCUT2D eigenvalue weighted by atomic mass is 32.2. The van der Waals surface area contributed by atoms with Gasteiger partial charge < -0.3 is 0 Å². The van der Waals surface area contributed by atoms with Crippen molar-refractivity contribution in [1.29, 1.82) is 0 Å². The molecule has 4 rings (SSSR count). The van der Waals surface area contributed by atoms with Crippen LogP contribution in [0.3, 0.4) is 0 Å². The molecule has 4 aliphatic rings. The van der Waals surface area contributed by atoms with Gasteiger partial charge in [0.2, 0.25) is 0 Å². The summed E-state index contributed by atoms with van der Waals surface area (Å²) in [6.45, 7) is 6.64. The predicted molar refractivity (Wildman–Crippen MR) is 52.5 cm³/mol. The van der Waals surface area contributed by atoms with Gasteiger partial charge in [-0.3, -0.25) is 8.37 Å². The molecular formula is C10H16O3S. The van der Waals surface area contributed by atoms with Gasteiger partial charge in [-0.25, -0.2) is 0 Å². The molecule has 3 saturated carbocycles. The fourth-order valence-corrected chi connectivity index (χ4v) is 4.63. The average Bonchev–Trinajstić information content (AvgIpc) is 2.37. The molecule has 0 aromatic rings. The van der Waals surface area contributed by atoms with E-state index in [9.17, 15) is 4.21 Å². The summed E-state index contributed by atoms with van der Waals surface area (Å²) in [5.74, 6) is 1.23. The third-order valence-electron chi connectivity index (χ3n) is 4.74. The van der Waals surface area contributed by atoms with Crippen molar-refractivity contribution in [2.24, 2.45) is 17.3 Å². The second kappa shape index (κ2) is 2.42. The molecule has 0 aromatic carbocycles. The highest BCUT2D eigenvalue weighted by Gasteiger charge is 2.68. The van der Waals surface area contributed by atoms with Gasteiger partial charge in [0.05, 0.1) is 0 Å². The monoisotopic (exact) mass is 216 g/mol. The second-order valence-electron chi connectivity index (χ2n) is 5.60. The van der Waals surface area contributed by atoms with Crippen molar-refractivity contribution < 1.29 is 12.6 Å². The Balaban J connectivity index is 1.98. The van der Waals surface area contributed by atoms with Crippen LogP contribution in [-0.2, 0) is 19.7 Å². The number of hydrogen-bond acceptors (Lipinski definition) is 3. The molecule has 1 heterocycles. The molecule has 5 atom stereocenters. The summed E-state index contributed by atoms with van der Waals surface area (Å²) in [5.41, 5.74) is 0.0340. The fourth-order valence-electron chi connectivity index (χ4n) is 3.61. The van der Waals surface area contributed by atoms with Crippen LogP contribution in [0.4, 0.5) is 0 Å². The first-order valence-corrected chi connectivity index (χ1v) is 6.23. The zero-order valence-corrected chi connectivity index (χ0v) is 9.60. The lowest BCUT2D eigenvalue weighted by Crippen LogP contribution is -2.65. The Bertz CT molecular complexity index is 314. The first-order valence-electron chi connectivity index (χ1n) is 5.23. The smallest absolute Gasteiger partial charge is 0.262 e. The molecule has 0 aromatic heterocycles. The maximum Gasteiger partial charge on any atom is 0.305 e. The lowest BCUT2D eigenvalue weighted by Gasteiger charge is -2.63. The van der Waals surface area contributed by atoms with Crippen LogP contribution < -0.4 is 0 Å². The number of hydrogen-bond donors (Lipinski definition) is 0. The molecule has 3 nitrogen and oxygen atoms in total. The van der Waals surface area contributed by atoms with Gasteiger partial charge in [-0.2, -0.15) is 4.21 Å². The van der Waals surface area contributed by atoms with Crippen molar-refractivity contribution in [3.05, 3.63) is 0 Å². The third kappa shape index (κ3) is 0.877. The largest absolute Gasteiger partial charge is 0.305 e. The van der Waals surface area contributed by atoms with Crippen LogP contribution in [0.25, 0.3) is 0 Å². The van der Waals surface area contributed by atoms with E-state index in [0.29, 0.717) is 11.3 Å². The van der Waals surface area contributed by atoms with Crippen molar-refractivity contribution in [3.63, 3.8) is 0 Å². The van der Waals surface area contributed by atoms with Gasteiger partial charge in [0.15, 0.2) is 0 Å². The van der Waals surface area contributed by atoms with Crippen LogP contribution in [0.1, 0.15) is 33.6 Å². The molecule has 0 amide bonds. The summed E-state index contributed by atoms with van der Waals surface area (Å²) in [7, 11) is 0. The van der Waals surface area contributed by atoms with Gasteiger partial charge in [0.25, 0.3) is 0 Å². The van der Waals surface area contributed by atoms with Gasteiger partial charge in [-0.05, 0) is 37.0 Å². The van der Waals surface area contributed by atoms with Crippen molar-refractivity contribution in [1.82, 2.24) is 0 Å². The minimum absolute atomic E-state index is 0.0557. The van der Waals surface area contributed by atoms with E-state index in [-0.39, 0.29) is 11.7 Å². The van der Waals surface area contributed by atoms with Crippen LogP contribution in [0.5, 0.6) is 0 Å². The fraction of sp³-hybridized carbons (Fsp3) is 1.00. The first-order chi connectivity index (χ1) is 6.44. The summed E-state index contributed by atoms with van der Waals surface area (Å²) >= 11 is -1.51. The van der Waals surface area contributed by atoms with E-state index in [1.807, 2.05) is 0 Å².